The molecule has 0 radical (unpaired) electrons. The Kier molecular flexibility index (Phi) is 7.33. The van der Waals surface area contributed by atoms with E-state index in [1.54, 1.807) is 19.5 Å². The maximum Gasteiger partial charge on any atom is 0.242 e. The van der Waals surface area contributed by atoms with Crippen molar-refractivity contribution < 1.29 is 22.6 Å². The molecule has 2 aromatic heterocycles. The number of anilines is 1. The highest BCUT2D eigenvalue weighted by atomic mass is 32.2. The van der Waals surface area contributed by atoms with Crippen LogP contribution in [0.15, 0.2) is 42.7 Å². The van der Waals surface area contributed by atoms with Crippen molar-refractivity contribution in [3.8, 4) is 17.1 Å². The molecule has 36 heavy (non-hydrogen) atoms. The number of rotatable bonds is 7. The zero-order valence-electron chi connectivity index (χ0n) is 20.5. The molecule has 0 saturated carbocycles. The summed E-state index contributed by atoms with van der Waals surface area (Å²) in [6.45, 7) is 3.01. The van der Waals surface area contributed by atoms with Crippen molar-refractivity contribution in [1.29, 1.82) is 0 Å². The van der Waals surface area contributed by atoms with E-state index in [2.05, 4.69) is 39.1 Å². The molecule has 0 aliphatic carbocycles. The molecule has 192 valence electrons. The molecule has 0 N–H and O–H groups in total. The first-order valence-corrected chi connectivity index (χ1v) is 13.9. The number of morpholine rings is 1. The summed E-state index contributed by atoms with van der Waals surface area (Å²) in [5.41, 5.74) is 4.07. The maximum absolute atomic E-state index is 11.9. The van der Waals surface area contributed by atoms with Gasteiger partial charge in [0, 0.05) is 56.9 Å². The van der Waals surface area contributed by atoms with E-state index in [1.165, 1.54) is 16.2 Å². The first kappa shape index (κ1) is 24.8. The van der Waals surface area contributed by atoms with Gasteiger partial charge >= 0.3 is 0 Å². The summed E-state index contributed by atoms with van der Waals surface area (Å²) in [5, 5.41) is 0. The molecular formula is C25H31N5O5S. The molecule has 2 aliphatic heterocycles. The number of benzene rings is 1. The highest BCUT2D eigenvalue weighted by molar-refractivity contribution is 7.88. The van der Waals surface area contributed by atoms with Gasteiger partial charge in [0.25, 0.3) is 0 Å². The van der Waals surface area contributed by atoms with Gasteiger partial charge in [-0.05, 0) is 31.0 Å². The summed E-state index contributed by atoms with van der Waals surface area (Å²) >= 11 is 0. The van der Waals surface area contributed by atoms with Crippen LogP contribution in [0.25, 0.3) is 22.3 Å². The molecule has 0 spiro atoms. The van der Waals surface area contributed by atoms with Crippen LogP contribution in [0.5, 0.6) is 5.88 Å². The zero-order chi connectivity index (χ0) is 25.1. The van der Waals surface area contributed by atoms with Crippen LogP contribution in [0.3, 0.4) is 0 Å². The molecule has 2 aliphatic rings. The zero-order valence-corrected chi connectivity index (χ0v) is 21.4. The van der Waals surface area contributed by atoms with Crippen LogP contribution in [0.1, 0.15) is 12.8 Å². The minimum atomic E-state index is -3.29. The van der Waals surface area contributed by atoms with E-state index in [9.17, 15) is 8.42 Å². The van der Waals surface area contributed by atoms with Crippen molar-refractivity contribution in [1.82, 2.24) is 19.3 Å². The van der Waals surface area contributed by atoms with E-state index in [1.807, 2.05) is 6.07 Å². The van der Waals surface area contributed by atoms with Crippen LogP contribution in [-0.4, -0.2) is 92.6 Å². The number of hydrogen-bond donors (Lipinski definition) is 0. The Hall–Kier alpha value is -2.86. The van der Waals surface area contributed by atoms with Crippen LogP contribution in [0, 0.1) is 0 Å². The van der Waals surface area contributed by atoms with Gasteiger partial charge in [-0.3, -0.25) is 4.98 Å². The predicted octanol–water partition coefficient (Wildman–Crippen LogP) is 2.35. The molecule has 10 nitrogen and oxygen atoms in total. The van der Waals surface area contributed by atoms with Gasteiger partial charge in [-0.25, -0.2) is 18.4 Å². The van der Waals surface area contributed by atoms with Crippen molar-refractivity contribution in [2.24, 2.45) is 0 Å². The number of methoxy groups -OCH3 is 1. The minimum absolute atomic E-state index is 0.157. The van der Waals surface area contributed by atoms with E-state index in [0.29, 0.717) is 36.2 Å². The van der Waals surface area contributed by atoms with E-state index in [-0.39, 0.29) is 13.2 Å². The quantitative estimate of drug-likeness (QED) is 0.470. The van der Waals surface area contributed by atoms with Gasteiger partial charge in [-0.1, -0.05) is 12.1 Å². The first-order chi connectivity index (χ1) is 17.4. The Bertz CT molecular complexity index is 1300. The number of aromatic nitrogens is 3. The number of sulfonamides is 1. The Morgan fingerprint density at radius 2 is 1.83 bits per heavy atom. The van der Waals surface area contributed by atoms with Crippen LogP contribution in [0.2, 0.25) is 0 Å². The first-order valence-electron chi connectivity index (χ1n) is 12.1. The monoisotopic (exact) mass is 513 g/mol. The fourth-order valence-electron chi connectivity index (χ4n) is 4.65. The predicted molar refractivity (Wildman–Crippen MR) is 137 cm³/mol. The lowest BCUT2D eigenvalue weighted by Crippen LogP contribution is -2.47. The van der Waals surface area contributed by atoms with Gasteiger partial charge in [-0.2, -0.15) is 4.31 Å². The van der Waals surface area contributed by atoms with E-state index >= 15 is 0 Å². The largest absolute Gasteiger partial charge is 0.473 e. The van der Waals surface area contributed by atoms with Crippen molar-refractivity contribution in [2.75, 3.05) is 57.7 Å². The molecule has 2 fully saturated rings. The smallest absolute Gasteiger partial charge is 0.242 e. The van der Waals surface area contributed by atoms with E-state index in [0.717, 1.165) is 37.2 Å². The van der Waals surface area contributed by atoms with Gasteiger partial charge in [0.1, 0.15) is 12.7 Å². The highest BCUT2D eigenvalue weighted by Crippen LogP contribution is 2.29. The summed E-state index contributed by atoms with van der Waals surface area (Å²) in [7, 11) is -1.51. The lowest BCUT2D eigenvalue weighted by atomic mass is 10.1. The highest BCUT2D eigenvalue weighted by Gasteiger charge is 2.27. The van der Waals surface area contributed by atoms with Crippen molar-refractivity contribution in [2.45, 2.75) is 25.0 Å². The molecule has 2 saturated heterocycles. The molecule has 0 bridgehead atoms. The second-order valence-corrected chi connectivity index (χ2v) is 11.1. The fraction of sp³-hybridized carbons (Fsp3) is 0.480. The molecule has 1 aromatic carbocycles. The van der Waals surface area contributed by atoms with Crippen LogP contribution >= 0.6 is 0 Å². The lowest BCUT2D eigenvalue weighted by molar-refractivity contribution is -0.0252. The number of piperidine rings is 1. The minimum Gasteiger partial charge on any atom is -0.473 e. The van der Waals surface area contributed by atoms with E-state index in [4.69, 9.17) is 19.2 Å². The van der Waals surface area contributed by atoms with Crippen LogP contribution < -0.4 is 9.64 Å². The lowest BCUT2D eigenvalue weighted by Gasteiger charge is -2.33. The molecule has 4 heterocycles. The molecular weight excluding hydrogens is 482 g/mol. The average molecular weight is 514 g/mol. The fourth-order valence-corrected chi connectivity index (χ4v) is 5.49. The molecule has 3 aromatic rings. The number of nitrogens with zero attached hydrogens (tertiary/aromatic N) is 5. The molecule has 11 heteroatoms. The second kappa shape index (κ2) is 10.6. The summed E-state index contributed by atoms with van der Waals surface area (Å²) in [6.07, 6.45) is 6.43. The Morgan fingerprint density at radius 3 is 2.56 bits per heavy atom. The Balaban J connectivity index is 1.34. The topological polar surface area (TPSA) is 107 Å². The number of fused-ring (bicyclic) bond motifs is 1. The number of ether oxygens (including phenoxy) is 3. The van der Waals surface area contributed by atoms with Gasteiger partial charge in [0.15, 0.2) is 5.52 Å². The summed E-state index contributed by atoms with van der Waals surface area (Å²) in [5.74, 6) is 0.349. The molecule has 5 rings (SSSR count). The molecule has 1 atom stereocenters. The normalized spacial score (nSPS) is 20.1. The van der Waals surface area contributed by atoms with Gasteiger partial charge < -0.3 is 19.1 Å². The van der Waals surface area contributed by atoms with E-state index < -0.39 is 16.1 Å². The summed E-state index contributed by atoms with van der Waals surface area (Å²) < 4.78 is 42.5. The maximum atomic E-state index is 11.9. The van der Waals surface area contributed by atoms with Crippen molar-refractivity contribution >= 4 is 26.7 Å². The molecule has 0 amide bonds. The second-order valence-electron chi connectivity index (χ2n) is 9.13. The standard InChI is InChI=1S/C25H31N5O5S/c1-33-20-7-11-29(12-8-20)19-5-3-18(4-6-19)22-15-23-24(27-10-9-26-23)25(28-22)35-17-21-16-30(13-14-34-21)36(2,31)32/h3-6,9-10,15,20-21H,7-8,11-14,16-17H2,1-2H3. The van der Waals surface area contributed by atoms with Crippen LogP contribution in [0.4, 0.5) is 5.69 Å². The number of hydrogen-bond acceptors (Lipinski definition) is 9. The Labute approximate surface area is 211 Å². The van der Waals surface area contributed by atoms with Crippen molar-refractivity contribution in [3.05, 3.63) is 42.7 Å². The molecule has 1 unspecified atom stereocenters. The SMILES string of the molecule is COC1CCN(c2ccc(-c3cc4nccnc4c(OCC4CN(S(C)(=O)=O)CCO4)n3)cc2)CC1. The van der Waals surface area contributed by atoms with Crippen LogP contribution in [-0.2, 0) is 19.5 Å². The third-order valence-corrected chi connectivity index (χ3v) is 7.97. The summed E-state index contributed by atoms with van der Waals surface area (Å²) in [6, 6.07) is 10.2. The summed E-state index contributed by atoms with van der Waals surface area (Å²) in [4.78, 5) is 16.0. The van der Waals surface area contributed by atoms with Crippen molar-refractivity contribution in [3.63, 3.8) is 0 Å². The third kappa shape index (κ3) is 5.59. The Morgan fingerprint density at radius 1 is 1.08 bits per heavy atom. The third-order valence-electron chi connectivity index (χ3n) is 6.70. The average Bonchev–Trinajstić information content (AvgIpc) is 2.91. The van der Waals surface area contributed by atoms with Gasteiger partial charge in [0.05, 0.1) is 30.2 Å². The number of pyridine rings is 1. The van der Waals surface area contributed by atoms with Gasteiger partial charge in [-0.15, -0.1) is 0 Å². The van der Waals surface area contributed by atoms with Gasteiger partial charge in [0.2, 0.25) is 15.9 Å².